The van der Waals surface area contributed by atoms with Crippen molar-refractivity contribution in [2.75, 3.05) is 0 Å². The predicted molar refractivity (Wildman–Crippen MR) is 82.8 cm³/mol. The number of carbonyl (C=O) groups is 1. The zero-order valence-corrected chi connectivity index (χ0v) is 12.5. The van der Waals surface area contributed by atoms with Crippen LogP contribution in [0.1, 0.15) is 29.8 Å². The Morgan fingerprint density at radius 3 is 2.75 bits per heavy atom. The van der Waals surface area contributed by atoms with E-state index in [0.717, 1.165) is 5.56 Å². The summed E-state index contributed by atoms with van der Waals surface area (Å²) >= 11 is 1.81. The largest absolute Gasteiger partial charge is 0.348 e. The van der Waals surface area contributed by atoms with Gasteiger partial charge in [0.15, 0.2) is 0 Å². The summed E-state index contributed by atoms with van der Waals surface area (Å²) in [5.41, 5.74) is 1.73. The lowest BCUT2D eigenvalue weighted by molar-refractivity contribution is 0.0950. The standard InChI is InChI=1S/C16H18N2OS/c1-12(2)20-15-8-4-3-6-13(15)11-18-16(19)14-7-5-9-17-10-14/h3-10,12H,11H2,1-2H3,(H,18,19). The fourth-order valence-corrected chi connectivity index (χ4v) is 2.75. The fraction of sp³-hybridized carbons (Fsp3) is 0.250. The Hall–Kier alpha value is -1.81. The summed E-state index contributed by atoms with van der Waals surface area (Å²) in [6.45, 7) is 4.86. The highest BCUT2D eigenvalue weighted by Gasteiger charge is 2.08. The van der Waals surface area contributed by atoms with Gasteiger partial charge in [-0.1, -0.05) is 32.0 Å². The van der Waals surface area contributed by atoms with Gasteiger partial charge in [0, 0.05) is 29.1 Å². The number of nitrogens with one attached hydrogen (secondary N) is 1. The molecule has 0 aliphatic heterocycles. The molecule has 104 valence electrons. The number of hydrogen-bond acceptors (Lipinski definition) is 3. The van der Waals surface area contributed by atoms with E-state index in [9.17, 15) is 4.79 Å². The van der Waals surface area contributed by atoms with Crippen molar-refractivity contribution in [3.8, 4) is 0 Å². The second-order valence-corrected chi connectivity index (χ2v) is 6.32. The number of rotatable bonds is 5. The molecule has 4 heteroatoms. The molecule has 1 amide bonds. The summed E-state index contributed by atoms with van der Waals surface area (Å²) in [6.07, 6.45) is 3.23. The highest BCUT2D eigenvalue weighted by molar-refractivity contribution is 8.00. The molecule has 2 rings (SSSR count). The molecule has 1 heterocycles. The third-order valence-electron chi connectivity index (χ3n) is 2.70. The highest BCUT2D eigenvalue weighted by Crippen LogP contribution is 2.26. The molecule has 0 saturated heterocycles. The van der Waals surface area contributed by atoms with Crippen LogP contribution in [0.25, 0.3) is 0 Å². The number of pyridine rings is 1. The van der Waals surface area contributed by atoms with Crippen LogP contribution in [0.2, 0.25) is 0 Å². The fourth-order valence-electron chi connectivity index (χ4n) is 1.79. The molecule has 0 radical (unpaired) electrons. The van der Waals surface area contributed by atoms with Crippen molar-refractivity contribution < 1.29 is 4.79 Å². The van der Waals surface area contributed by atoms with E-state index in [1.807, 2.05) is 30.0 Å². The number of nitrogens with zero attached hydrogens (tertiary/aromatic N) is 1. The molecule has 3 nitrogen and oxygen atoms in total. The first-order valence-electron chi connectivity index (χ1n) is 6.59. The third-order valence-corrected chi connectivity index (χ3v) is 3.82. The van der Waals surface area contributed by atoms with Crippen LogP contribution < -0.4 is 5.32 Å². The van der Waals surface area contributed by atoms with E-state index in [1.54, 1.807) is 24.5 Å². The van der Waals surface area contributed by atoms with E-state index in [0.29, 0.717) is 17.4 Å². The highest BCUT2D eigenvalue weighted by atomic mass is 32.2. The third kappa shape index (κ3) is 4.10. The molecule has 0 fully saturated rings. The van der Waals surface area contributed by atoms with Crippen LogP contribution in [0.15, 0.2) is 53.7 Å². The van der Waals surface area contributed by atoms with Gasteiger partial charge >= 0.3 is 0 Å². The maximum Gasteiger partial charge on any atom is 0.253 e. The summed E-state index contributed by atoms with van der Waals surface area (Å²) in [7, 11) is 0. The summed E-state index contributed by atoms with van der Waals surface area (Å²) < 4.78 is 0. The summed E-state index contributed by atoms with van der Waals surface area (Å²) in [6, 6.07) is 11.7. The van der Waals surface area contributed by atoms with E-state index in [2.05, 4.69) is 30.2 Å². The molecule has 0 bridgehead atoms. The maximum absolute atomic E-state index is 12.0. The number of benzene rings is 1. The monoisotopic (exact) mass is 286 g/mol. The van der Waals surface area contributed by atoms with Crippen molar-refractivity contribution in [1.29, 1.82) is 0 Å². The summed E-state index contributed by atoms with van der Waals surface area (Å²) in [5, 5.41) is 3.46. The van der Waals surface area contributed by atoms with Crippen LogP contribution in [0.4, 0.5) is 0 Å². The minimum absolute atomic E-state index is 0.0950. The van der Waals surface area contributed by atoms with Gasteiger partial charge in [0.2, 0.25) is 0 Å². The van der Waals surface area contributed by atoms with Crippen molar-refractivity contribution in [3.63, 3.8) is 0 Å². The first-order chi connectivity index (χ1) is 9.66. The first kappa shape index (κ1) is 14.6. The molecule has 1 N–H and O–H groups in total. The van der Waals surface area contributed by atoms with Gasteiger partial charge < -0.3 is 5.32 Å². The van der Waals surface area contributed by atoms with E-state index < -0.39 is 0 Å². The quantitative estimate of drug-likeness (QED) is 0.855. The second kappa shape index (κ2) is 7.10. The Balaban J connectivity index is 2.02. The number of amides is 1. The number of hydrogen-bond donors (Lipinski definition) is 1. The smallest absolute Gasteiger partial charge is 0.253 e. The average molecular weight is 286 g/mol. The molecule has 0 spiro atoms. The predicted octanol–water partition coefficient (Wildman–Crippen LogP) is 3.51. The van der Waals surface area contributed by atoms with Crippen LogP contribution >= 0.6 is 11.8 Å². The van der Waals surface area contributed by atoms with Crippen molar-refractivity contribution in [1.82, 2.24) is 10.3 Å². The Labute approximate surface area is 123 Å². The molecule has 1 aromatic carbocycles. The lowest BCUT2D eigenvalue weighted by Gasteiger charge is -2.12. The Kier molecular flexibility index (Phi) is 5.18. The Bertz CT molecular complexity index is 570. The molecule has 2 aromatic rings. The van der Waals surface area contributed by atoms with Crippen molar-refractivity contribution in [2.24, 2.45) is 0 Å². The number of aromatic nitrogens is 1. The summed E-state index contributed by atoms with van der Waals surface area (Å²) in [4.78, 5) is 17.2. The zero-order chi connectivity index (χ0) is 14.4. The van der Waals surface area contributed by atoms with Gasteiger partial charge in [0.1, 0.15) is 0 Å². The van der Waals surface area contributed by atoms with Gasteiger partial charge in [-0.2, -0.15) is 0 Å². The Morgan fingerprint density at radius 2 is 2.05 bits per heavy atom. The molecular weight excluding hydrogens is 268 g/mol. The van der Waals surface area contributed by atoms with Crippen molar-refractivity contribution in [2.45, 2.75) is 30.5 Å². The summed E-state index contributed by atoms with van der Waals surface area (Å²) in [5.74, 6) is -0.0950. The zero-order valence-electron chi connectivity index (χ0n) is 11.7. The molecule has 1 aromatic heterocycles. The van der Waals surface area contributed by atoms with Gasteiger partial charge in [0.25, 0.3) is 5.91 Å². The molecule has 0 unspecified atom stereocenters. The molecule has 0 saturated carbocycles. The average Bonchev–Trinajstić information content (AvgIpc) is 2.46. The Morgan fingerprint density at radius 1 is 1.25 bits per heavy atom. The van der Waals surface area contributed by atoms with Gasteiger partial charge in [-0.25, -0.2) is 0 Å². The van der Waals surface area contributed by atoms with Gasteiger partial charge in [-0.15, -0.1) is 11.8 Å². The van der Waals surface area contributed by atoms with E-state index in [-0.39, 0.29) is 5.91 Å². The normalized spacial score (nSPS) is 10.6. The van der Waals surface area contributed by atoms with Crippen LogP contribution in [0.3, 0.4) is 0 Å². The van der Waals surface area contributed by atoms with Crippen molar-refractivity contribution >= 4 is 17.7 Å². The lowest BCUT2D eigenvalue weighted by atomic mass is 10.2. The minimum atomic E-state index is -0.0950. The number of thioether (sulfide) groups is 1. The van der Waals surface area contributed by atoms with Crippen LogP contribution in [0.5, 0.6) is 0 Å². The molecule has 0 aliphatic carbocycles. The molecule has 0 atom stereocenters. The van der Waals surface area contributed by atoms with Crippen LogP contribution in [0, 0.1) is 0 Å². The SMILES string of the molecule is CC(C)Sc1ccccc1CNC(=O)c1cccnc1. The van der Waals surface area contributed by atoms with Gasteiger partial charge in [0.05, 0.1) is 5.56 Å². The molecular formula is C16H18N2OS. The molecule has 20 heavy (non-hydrogen) atoms. The van der Waals surface area contributed by atoms with Gasteiger partial charge in [-0.3, -0.25) is 9.78 Å². The van der Waals surface area contributed by atoms with E-state index in [4.69, 9.17) is 0 Å². The van der Waals surface area contributed by atoms with Crippen LogP contribution in [-0.4, -0.2) is 16.1 Å². The second-order valence-electron chi connectivity index (χ2n) is 4.70. The minimum Gasteiger partial charge on any atom is -0.348 e. The van der Waals surface area contributed by atoms with Gasteiger partial charge in [-0.05, 0) is 23.8 Å². The van der Waals surface area contributed by atoms with Crippen molar-refractivity contribution in [3.05, 3.63) is 59.9 Å². The van der Waals surface area contributed by atoms with Crippen LogP contribution in [-0.2, 0) is 6.54 Å². The first-order valence-corrected chi connectivity index (χ1v) is 7.47. The number of carbonyl (C=O) groups excluding carboxylic acids is 1. The van der Waals surface area contributed by atoms with E-state index >= 15 is 0 Å². The lowest BCUT2D eigenvalue weighted by Crippen LogP contribution is -2.23. The van der Waals surface area contributed by atoms with E-state index in [1.165, 1.54) is 4.90 Å². The maximum atomic E-state index is 12.0. The topological polar surface area (TPSA) is 42.0 Å². The molecule has 0 aliphatic rings.